The first kappa shape index (κ1) is 18.9. The minimum Gasteiger partial charge on any atom is -0.480 e. The lowest BCUT2D eigenvalue weighted by atomic mass is 10.1. The quantitative estimate of drug-likeness (QED) is 0.643. The number of alkyl carbamates (subject to hydrolysis) is 1. The summed E-state index contributed by atoms with van der Waals surface area (Å²) in [6.07, 6.45) is -0.726. The Kier molecular flexibility index (Phi) is 6.48. The van der Waals surface area contributed by atoms with Gasteiger partial charge in [-0.3, -0.25) is 5.41 Å². The van der Waals surface area contributed by atoms with Gasteiger partial charge >= 0.3 is 6.09 Å². The van der Waals surface area contributed by atoms with Crippen molar-refractivity contribution in [2.45, 2.75) is 45.8 Å². The molecule has 1 atom stereocenters. The van der Waals surface area contributed by atoms with Gasteiger partial charge in [-0.1, -0.05) is 0 Å². The summed E-state index contributed by atoms with van der Waals surface area (Å²) in [6, 6.07) is 2.16. The van der Waals surface area contributed by atoms with Crippen molar-refractivity contribution in [2.75, 3.05) is 6.61 Å². The van der Waals surface area contributed by atoms with E-state index in [0.717, 1.165) is 18.2 Å². The lowest BCUT2D eigenvalue weighted by Crippen LogP contribution is -2.45. The highest BCUT2D eigenvalue weighted by Crippen LogP contribution is 2.12. The summed E-state index contributed by atoms with van der Waals surface area (Å²) < 4.78 is 36.8. The molecule has 1 rings (SSSR count). The maximum Gasteiger partial charge on any atom is 0.408 e. The lowest BCUT2D eigenvalue weighted by Gasteiger charge is -2.24. The molecule has 2 N–H and O–H groups in total. The fourth-order valence-electron chi connectivity index (χ4n) is 1.88. The molecule has 0 heterocycles. The molecule has 0 saturated carbocycles. The molecule has 0 aromatic heterocycles. The lowest BCUT2D eigenvalue weighted by molar-refractivity contribution is 0.0512. The third kappa shape index (κ3) is 7.08. The summed E-state index contributed by atoms with van der Waals surface area (Å²) in [5.41, 5.74) is -0.402. The van der Waals surface area contributed by atoms with E-state index in [9.17, 15) is 13.6 Å². The number of rotatable bonds is 5. The second-order valence-electron chi connectivity index (χ2n) is 5.98. The Morgan fingerprint density at radius 3 is 2.30 bits per heavy atom. The van der Waals surface area contributed by atoms with Crippen LogP contribution in [-0.4, -0.2) is 30.2 Å². The van der Waals surface area contributed by atoms with Gasteiger partial charge in [-0.25, -0.2) is 13.6 Å². The van der Waals surface area contributed by atoms with Crippen molar-refractivity contribution in [3.63, 3.8) is 0 Å². The van der Waals surface area contributed by atoms with Crippen LogP contribution in [0, 0.1) is 17.0 Å². The highest BCUT2D eigenvalue weighted by molar-refractivity contribution is 5.83. The summed E-state index contributed by atoms with van der Waals surface area (Å²) in [6.45, 7) is 7.05. The first-order chi connectivity index (χ1) is 10.6. The van der Waals surface area contributed by atoms with Gasteiger partial charge in [0.15, 0.2) is 0 Å². The normalized spacial score (nSPS) is 12.4. The van der Waals surface area contributed by atoms with Gasteiger partial charge in [-0.05, 0) is 45.4 Å². The number of hydrogen-bond acceptors (Lipinski definition) is 4. The van der Waals surface area contributed by atoms with Crippen LogP contribution in [0.2, 0.25) is 0 Å². The van der Waals surface area contributed by atoms with E-state index in [0.29, 0.717) is 5.56 Å². The average Bonchev–Trinajstić information content (AvgIpc) is 2.34. The van der Waals surface area contributed by atoms with Gasteiger partial charge in [0.2, 0.25) is 5.90 Å². The predicted octanol–water partition coefficient (Wildman–Crippen LogP) is 3.41. The maximum absolute atomic E-state index is 13.3. The van der Waals surface area contributed by atoms with Crippen LogP contribution in [-0.2, 0) is 15.9 Å². The van der Waals surface area contributed by atoms with E-state index in [1.807, 2.05) is 0 Å². The second kappa shape index (κ2) is 7.89. The minimum absolute atomic E-state index is 0.00670. The van der Waals surface area contributed by atoms with Crippen LogP contribution in [0.3, 0.4) is 0 Å². The van der Waals surface area contributed by atoms with Crippen molar-refractivity contribution in [1.82, 2.24) is 5.32 Å². The monoisotopic (exact) mass is 328 g/mol. The fourth-order valence-corrected chi connectivity index (χ4v) is 1.88. The first-order valence-electron chi connectivity index (χ1n) is 7.26. The number of carbonyl (C=O) groups is 1. The van der Waals surface area contributed by atoms with Crippen molar-refractivity contribution < 1.29 is 23.0 Å². The van der Waals surface area contributed by atoms with Crippen molar-refractivity contribution in [1.29, 1.82) is 5.41 Å². The molecule has 128 valence electrons. The molecular weight excluding hydrogens is 306 g/mol. The molecular formula is C16H22F2N2O3. The molecule has 0 aliphatic carbocycles. The third-order valence-electron chi connectivity index (χ3n) is 2.67. The van der Waals surface area contributed by atoms with Crippen LogP contribution in [0.25, 0.3) is 0 Å². The minimum atomic E-state index is -0.883. The number of benzene rings is 1. The zero-order chi connectivity index (χ0) is 17.6. The van der Waals surface area contributed by atoms with Crippen LogP contribution < -0.4 is 5.32 Å². The van der Waals surface area contributed by atoms with Crippen LogP contribution >= 0.6 is 0 Å². The van der Waals surface area contributed by atoms with E-state index in [1.165, 1.54) is 0 Å². The van der Waals surface area contributed by atoms with Crippen LogP contribution in [0.5, 0.6) is 0 Å². The Morgan fingerprint density at radius 1 is 1.26 bits per heavy atom. The first-order valence-corrected chi connectivity index (χ1v) is 7.26. The molecule has 1 aromatic rings. The van der Waals surface area contributed by atoms with Crippen molar-refractivity contribution in [3.05, 3.63) is 35.4 Å². The van der Waals surface area contributed by atoms with E-state index < -0.39 is 29.4 Å². The largest absolute Gasteiger partial charge is 0.480 e. The Labute approximate surface area is 134 Å². The smallest absolute Gasteiger partial charge is 0.408 e. The van der Waals surface area contributed by atoms with Gasteiger partial charge in [-0.2, -0.15) is 0 Å². The highest BCUT2D eigenvalue weighted by Gasteiger charge is 2.23. The SMILES string of the molecule is CCOC(=N)[C@H](Cc1cc(F)cc(F)c1)NC(=O)OC(C)(C)C. The molecule has 7 heteroatoms. The zero-order valence-electron chi connectivity index (χ0n) is 13.7. The van der Waals surface area contributed by atoms with Gasteiger partial charge in [0, 0.05) is 12.5 Å². The van der Waals surface area contributed by atoms with Gasteiger partial charge in [-0.15, -0.1) is 0 Å². The summed E-state index contributed by atoms with van der Waals surface area (Å²) in [4.78, 5) is 11.9. The average molecular weight is 328 g/mol. The molecule has 0 radical (unpaired) electrons. The molecule has 0 bridgehead atoms. The molecule has 0 aliphatic heterocycles. The molecule has 0 spiro atoms. The van der Waals surface area contributed by atoms with E-state index >= 15 is 0 Å². The molecule has 0 saturated heterocycles. The summed E-state index contributed by atoms with van der Waals surface area (Å²) in [7, 11) is 0. The highest BCUT2D eigenvalue weighted by atomic mass is 19.1. The van der Waals surface area contributed by atoms with E-state index in [1.54, 1.807) is 27.7 Å². The third-order valence-corrected chi connectivity index (χ3v) is 2.67. The molecule has 0 fully saturated rings. The van der Waals surface area contributed by atoms with Crippen LogP contribution in [0.15, 0.2) is 18.2 Å². The summed E-state index contributed by atoms with van der Waals surface area (Å²) in [5.74, 6) is -1.65. The topological polar surface area (TPSA) is 71.4 Å². The van der Waals surface area contributed by atoms with Crippen molar-refractivity contribution in [2.24, 2.45) is 0 Å². The Morgan fingerprint density at radius 2 is 1.83 bits per heavy atom. The summed E-state index contributed by atoms with van der Waals surface area (Å²) in [5, 5.41) is 10.3. The Balaban J connectivity index is 2.88. The molecule has 5 nitrogen and oxygen atoms in total. The predicted molar refractivity (Wildman–Crippen MR) is 82.6 cm³/mol. The van der Waals surface area contributed by atoms with Gasteiger partial charge in [0.1, 0.15) is 23.3 Å². The van der Waals surface area contributed by atoms with E-state index in [2.05, 4.69) is 5.32 Å². The Bertz CT molecular complexity index is 551. The van der Waals surface area contributed by atoms with Crippen LogP contribution in [0.1, 0.15) is 33.3 Å². The molecule has 1 aromatic carbocycles. The molecule has 0 aliphatic rings. The molecule has 0 unspecified atom stereocenters. The van der Waals surface area contributed by atoms with Gasteiger partial charge in [0.05, 0.1) is 6.61 Å². The second-order valence-corrected chi connectivity index (χ2v) is 5.98. The number of amides is 1. The van der Waals surface area contributed by atoms with Crippen LogP contribution in [0.4, 0.5) is 13.6 Å². The van der Waals surface area contributed by atoms with Crippen molar-refractivity contribution in [3.8, 4) is 0 Å². The number of ether oxygens (including phenoxy) is 2. The summed E-state index contributed by atoms with van der Waals surface area (Å²) >= 11 is 0. The Hall–Kier alpha value is -2.18. The maximum atomic E-state index is 13.3. The van der Waals surface area contributed by atoms with Gasteiger partial charge in [0.25, 0.3) is 0 Å². The molecule has 23 heavy (non-hydrogen) atoms. The number of hydrogen-bond donors (Lipinski definition) is 2. The molecule has 1 amide bonds. The van der Waals surface area contributed by atoms with E-state index in [4.69, 9.17) is 14.9 Å². The fraction of sp³-hybridized carbons (Fsp3) is 0.500. The standard InChI is InChI=1S/C16H22F2N2O3/c1-5-22-14(19)13(20-15(21)23-16(2,3)4)8-10-6-11(17)9-12(18)7-10/h6-7,9,13,19H,5,8H2,1-4H3,(H,20,21)/t13-/m0/s1. The number of carbonyl (C=O) groups excluding carboxylic acids is 1. The number of halogens is 2. The van der Waals surface area contributed by atoms with Crippen molar-refractivity contribution >= 4 is 12.0 Å². The zero-order valence-corrected chi connectivity index (χ0v) is 13.7. The van der Waals surface area contributed by atoms with Gasteiger partial charge < -0.3 is 14.8 Å². The van der Waals surface area contributed by atoms with E-state index in [-0.39, 0.29) is 18.9 Å². The number of nitrogens with one attached hydrogen (secondary N) is 2.